The number of Topliss-reactive ketones (excluding diaryl/α,β-unsaturated/α-hetero) is 1. The molecule has 0 radical (unpaired) electrons. The molecule has 3 rings (SSSR count). The number of carbonyl (C=O) groups is 2. The zero-order valence-electron chi connectivity index (χ0n) is 13.7. The van der Waals surface area contributed by atoms with Gasteiger partial charge in [0.2, 0.25) is 5.91 Å². The molecule has 3 heteroatoms. The van der Waals surface area contributed by atoms with Crippen molar-refractivity contribution in [2.75, 3.05) is 5.32 Å². The van der Waals surface area contributed by atoms with Crippen LogP contribution in [0.3, 0.4) is 0 Å². The fourth-order valence-electron chi connectivity index (χ4n) is 4.05. The molecule has 3 nitrogen and oxygen atoms in total. The standard InChI is InChI=1S/C19H23NO2/c1-12-5-7-13(8-6-12)20-16(21)11-14-15-9-10-19(4,17(14)22)18(15,2)3/h5-8,11,15H,9-10H2,1-4H3,(H,20,21)/t15-,19-/m1/s1. The van der Waals surface area contributed by atoms with Gasteiger partial charge in [-0.05, 0) is 43.2 Å². The third-order valence-corrected chi connectivity index (χ3v) is 5.97. The quantitative estimate of drug-likeness (QED) is 0.842. The van der Waals surface area contributed by atoms with E-state index in [9.17, 15) is 9.59 Å². The van der Waals surface area contributed by atoms with E-state index in [4.69, 9.17) is 0 Å². The molecule has 1 aromatic rings. The maximum Gasteiger partial charge on any atom is 0.248 e. The molecule has 0 saturated heterocycles. The Balaban J connectivity index is 1.82. The Morgan fingerprint density at radius 3 is 2.41 bits per heavy atom. The summed E-state index contributed by atoms with van der Waals surface area (Å²) in [5.74, 6) is 0.153. The largest absolute Gasteiger partial charge is 0.323 e. The van der Waals surface area contributed by atoms with Crippen molar-refractivity contribution in [2.45, 2.75) is 40.5 Å². The fraction of sp³-hybridized carbons (Fsp3) is 0.474. The molecule has 2 bridgehead atoms. The van der Waals surface area contributed by atoms with Gasteiger partial charge in [-0.2, -0.15) is 0 Å². The Kier molecular flexibility index (Phi) is 3.28. The highest BCUT2D eigenvalue weighted by atomic mass is 16.2. The van der Waals surface area contributed by atoms with Crippen LogP contribution in [0.15, 0.2) is 35.9 Å². The molecule has 1 aromatic carbocycles. The van der Waals surface area contributed by atoms with Gasteiger partial charge in [-0.1, -0.05) is 38.5 Å². The van der Waals surface area contributed by atoms with Gasteiger partial charge in [0.15, 0.2) is 5.78 Å². The summed E-state index contributed by atoms with van der Waals surface area (Å²) in [5.41, 5.74) is 2.25. The van der Waals surface area contributed by atoms with Crippen molar-refractivity contribution in [3.8, 4) is 0 Å². The van der Waals surface area contributed by atoms with Crippen molar-refractivity contribution < 1.29 is 9.59 Å². The van der Waals surface area contributed by atoms with Crippen molar-refractivity contribution in [2.24, 2.45) is 16.7 Å². The molecule has 0 spiro atoms. The van der Waals surface area contributed by atoms with Crippen LogP contribution in [0, 0.1) is 23.7 Å². The monoisotopic (exact) mass is 297 g/mol. The van der Waals surface area contributed by atoms with Crippen LogP contribution in [0.25, 0.3) is 0 Å². The number of nitrogens with one attached hydrogen (secondary N) is 1. The Labute approximate surface area is 131 Å². The minimum Gasteiger partial charge on any atom is -0.323 e. The first kappa shape index (κ1) is 15.0. The lowest BCUT2D eigenvalue weighted by molar-refractivity contribution is -0.125. The zero-order chi connectivity index (χ0) is 16.1. The number of carbonyl (C=O) groups excluding carboxylic acids is 2. The predicted molar refractivity (Wildman–Crippen MR) is 87.5 cm³/mol. The number of benzene rings is 1. The zero-order valence-corrected chi connectivity index (χ0v) is 13.7. The van der Waals surface area contributed by atoms with Gasteiger partial charge < -0.3 is 5.32 Å². The van der Waals surface area contributed by atoms with E-state index >= 15 is 0 Å². The van der Waals surface area contributed by atoms with Gasteiger partial charge in [0.05, 0.1) is 0 Å². The Bertz CT molecular complexity index is 669. The number of amides is 1. The van der Waals surface area contributed by atoms with Crippen LogP contribution in [0.4, 0.5) is 5.69 Å². The average molecular weight is 297 g/mol. The van der Waals surface area contributed by atoms with Gasteiger partial charge >= 0.3 is 0 Å². The summed E-state index contributed by atoms with van der Waals surface area (Å²) in [7, 11) is 0. The van der Waals surface area contributed by atoms with Gasteiger partial charge in [-0.15, -0.1) is 0 Å². The molecule has 2 fully saturated rings. The Morgan fingerprint density at radius 1 is 1.23 bits per heavy atom. The number of allylic oxidation sites excluding steroid dienone is 1. The number of anilines is 1. The Morgan fingerprint density at radius 2 is 1.86 bits per heavy atom. The molecule has 0 unspecified atom stereocenters. The molecular formula is C19H23NO2. The van der Waals surface area contributed by atoms with E-state index < -0.39 is 0 Å². The number of aryl methyl sites for hydroxylation is 1. The van der Waals surface area contributed by atoms with Crippen LogP contribution in [0.1, 0.15) is 39.2 Å². The summed E-state index contributed by atoms with van der Waals surface area (Å²) in [4.78, 5) is 24.9. The molecule has 2 saturated carbocycles. The van der Waals surface area contributed by atoms with Crippen molar-refractivity contribution >= 4 is 17.4 Å². The molecule has 0 aliphatic heterocycles. The van der Waals surface area contributed by atoms with E-state index in [1.165, 1.54) is 6.08 Å². The first-order chi connectivity index (χ1) is 10.3. The van der Waals surface area contributed by atoms with Gasteiger partial charge in [-0.25, -0.2) is 0 Å². The Hall–Kier alpha value is -1.90. The van der Waals surface area contributed by atoms with E-state index in [1.807, 2.05) is 38.1 Å². The smallest absolute Gasteiger partial charge is 0.248 e. The number of hydrogen-bond donors (Lipinski definition) is 1. The van der Waals surface area contributed by atoms with E-state index in [2.05, 4.69) is 19.2 Å². The molecule has 0 aromatic heterocycles. The summed E-state index contributed by atoms with van der Waals surface area (Å²) in [5, 5.41) is 2.85. The summed E-state index contributed by atoms with van der Waals surface area (Å²) < 4.78 is 0. The van der Waals surface area contributed by atoms with Crippen LogP contribution in [-0.2, 0) is 9.59 Å². The summed E-state index contributed by atoms with van der Waals surface area (Å²) in [6.45, 7) is 8.36. The molecule has 2 atom stereocenters. The lowest BCUT2D eigenvalue weighted by atomic mass is 9.70. The lowest BCUT2D eigenvalue weighted by Gasteiger charge is -2.31. The van der Waals surface area contributed by atoms with E-state index in [1.54, 1.807) is 0 Å². The van der Waals surface area contributed by atoms with E-state index in [-0.39, 0.29) is 28.4 Å². The number of ketones is 1. The normalized spacial score (nSPS) is 30.8. The van der Waals surface area contributed by atoms with Crippen LogP contribution < -0.4 is 5.32 Å². The number of rotatable bonds is 2. The topological polar surface area (TPSA) is 46.2 Å². The van der Waals surface area contributed by atoms with Gasteiger partial charge in [-0.3, -0.25) is 9.59 Å². The highest BCUT2D eigenvalue weighted by Gasteiger charge is 2.63. The second kappa shape index (κ2) is 4.80. The van der Waals surface area contributed by atoms with Crippen LogP contribution >= 0.6 is 0 Å². The van der Waals surface area contributed by atoms with Crippen molar-refractivity contribution in [3.63, 3.8) is 0 Å². The van der Waals surface area contributed by atoms with Crippen molar-refractivity contribution in [3.05, 3.63) is 41.5 Å². The third kappa shape index (κ3) is 2.03. The molecule has 2 aliphatic rings. The summed E-state index contributed by atoms with van der Waals surface area (Å²) >= 11 is 0. The molecule has 1 amide bonds. The molecule has 2 aliphatic carbocycles. The van der Waals surface area contributed by atoms with Crippen LogP contribution in [0.2, 0.25) is 0 Å². The van der Waals surface area contributed by atoms with E-state index in [0.29, 0.717) is 5.57 Å². The maximum atomic E-state index is 12.7. The van der Waals surface area contributed by atoms with Crippen LogP contribution in [0.5, 0.6) is 0 Å². The van der Waals surface area contributed by atoms with Crippen LogP contribution in [-0.4, -0.2) is 11.7 Å². The second-order valence-corrected chi connectivity index (χ2v) is 7.43. The highest BCUT2D eigenvalue weighted by molar-refractivity contribution is 6.11. The molecule has 116 valence electrons. The lowest BCUT2D eigenvalue weighted by Crippen LogP contribution is -2.32. The first-order valence-electron chi connectivity index (χ1n) is 7.90. The fourth-order valence-corrected chi connectivity index (χ4v) is 4.05. The SMILES string of the molecule is Cc1ccc(NC(=O)C=C2C(=O)[C@@]3(C)CC[C@H]2C3(C)C)cc1. The molecule has 22 heavy (non-hydrogen) atoms. The number of fused-ring (bicyclic) bond motifs is 2. The minimum absolute atomic E-state index is 0.0555. The van der Waals surface area contributed by atoms with E-state index in [0.717, 1.165) is 24.1 Å². The van der Waals surface area contributed by atoms with Gasteiger partial charge in [0, 0.05) is 22.8 Å². The van der Waals surface area contributed by atoms with Gasteiger partial charge in [0.1, 0.15) is 0 Å². The highest BCUT2D eigenvalue weighted by Crippen LogP contribution is 2.65. The van der Waals surface area contributed by atoms with Crippen molar-refractivity contribution in [1.29, 1.82) is 0 Å². The molecule has 1 N–H and O–H groups in total. The minimum atomic E-state index is -0.312. The first-order valence-corrected chi connectivity index (χ1v) is 7.90. The van der Waals surface area contributed by atoms with Gasteiger partial charge in [0.25, 0.3) is 0 Å². The summed E-state index contributed by atoms with van der Waals surface area (Å²) in [6, 6.07) is 7.66. The average Bonchev–Trinajstić information content (AvgIpc) is 2.76. The predicted octanol–water partition coefficient (Wildman–Crippen LogP) is 3.89. The maximum absolute atomic E-state index is 12.7. The van der Waals surface area contributed by atoms with Crippen molar-refractivity contribution in [1.82, 2.24) is 0 Å². The third-order valence-electron chi connectivity index (χ3n) is 5.97. The number of hydrogen-bond acceptors (Lipinski definition) is 2. The molecular weight excluding hydrogens is 274 g/mol. The summed E-state index contributed by atoms with van der Waals surface area (Å²) in [6.07, 6.45) is 3.46. The molecule has 0 heterocycles. The second-order valence-electron chi connectivity index (χ2n) is 7.43.